The van der Waals surface area contributed by atoms with Gasteiger partial charge in [0.1, 0.15) is 12.2 Å². The molecule has 0 aliphatic heterocycles. The van der Waals surface area contributed by atoms with Crippen LogP contribution in [0.3, 0.4) is 0 Å². The molecule has 0 aliphatic carbocycles. The minimum absolute atomic E-state index is 0.0298. The zero-order valence-corrected chi connectivity index (χ0v) is 12.0. The molecule has 21 heavy (non-hydrogen) atoms. The summed E-state index contributed by atoms with van der Waals surface area (Å²) in [4.78, 5) is 11.4. The van der Waals surface area contributed by atoms with Crippen molar-refractivity contribution in [1.29, 1.82) is 0 Å². The molecular formula is C13H19F2N3O3. The average Bonchev–Trinajstić information content (AvgIpc) is 2.45. The van der Waals surface area contributed by atoms with Crippen LogP contribution in [0, 0.1) is 0 Å². The van der Waals surface area contributed by atoms with Crippen LogP contribution in [-0.4, -0.2) is 47.5 Å². The number of carboxylic acids is 1. The van der Waals surface area contributed by atoms with Crippen LogP contribution in [0.2, 0.25) is 0 Å². The van der Waals surface area contributed by atoms with E-state index in [1.807, 2.05) is 13.8 Å². The molecule has 8 heteroatoms. The van der Waals surface area contributed by atoms with Crippen molar-refractivity contribution in [3.8, 4) is 0 Å². The molecule has 0 atom stereocenters. The number of anilines is 1. The number of halogens is 2. The minimum atomic E-state index is -2.52. The number of nitrogens with zero attached hydrogens (tertiary/aromatic N) is 2. The predicted octanol–water partition coefficient (Wildman–Crippen LogP) is 1.99. The SMILES string of the molecule is CCc1nnc(NCCOCC(F)F)c(C(=O)O)c1CC. The highest BCUT2D eigenvalue weighted by atomic mass is 19.3. The van der Waals surface area contributed by atoms with Gasteiger partial charge in [-0.1, -0.05) is 13.8 Å². The maximum absolute atomic E-state index is 11.9. The molecule has 2 N–H and O–H groups in total. The van der Waals surface area contributed by atoms with E-state index in [0.717, 1.165) is 0 Å². The second-order valence-corrected chi connectivity index (χ2v) is 4.25. The molecule has 1 aromatic heterocycles. The fraction of sp³-hybridized carbons (Fsp3) is 0.615. The molecule has 0 aliphatic rings. The fourth-order valence-corrected chi connectivity index (χ4v) is 1.94. The number of aromatic nitrogens is 2. The highest BCUT2D eigenvalue weighted by molar-refractivity contribution is 5.95. The van der Waals surface area contributed by atoms with Crippen molar-refractivity contribution >= 4 is 11.8 Å². The number of alkyl halides is 2. The highest BCUT2D eigenvalue weighted by Crippen LogP contribution is 2.20. The molecule has 0 fully saturated rings. The summed E-state index contributed by atoms with van der Waals surface area (Å²) in [7, 11) is 0. The summed E-state index contributed by atoms with van der Waals surface area (Å²) in [5.41, 5.74) is 1.36. The zero-order chi connectivity index (χ0) is 15.8. The summed E-state index contributed by atoms with van der Waals surface area (Å²) >= 11 is 0. The average molecular weight is 303 g/mol. The quantitative estimate of drug-likeness (QED) is 0.679. The number of carbonyl (C=O) groups is 1. The Labute approximate surface area is 121 Å². The van der Waals surface area contributed by atoms with Crippen molar-refractivity contribution < 1.29 is 23.4 Å². The van der Waals surface area contributed by atoms with E-state index in [-0.39, 0.29) is 24.5 Å². The summed E-state index contributed by atoms with van der Waals surface area (Å²) in [6, 6.07) is 0. The number of ether oxygens (including phenoxy) is 1. The van der Waals surface area contributed by atoms with E-state index in [2.05, 4.69) is 15.5 Å². The van der Waals surface area contributed by atoms with Gasteiger partial charge >= 0.3 is 5.97 Å². The summed E-state index contributed by atoms with van der Waals surface area (Å²) in [5.74, 6) is -0.954. The zero-order valence-electron chi connectivity index (χ0n) is 12.0. The van der Waals surface area contributed by atoms with Gasteiger partial charge in [0.2, 0.25) is 0 Å². The lowest BCUT2D eigenvalue weighted by Gasteiger charge is -2.13. The maximum atomic E-state index is 11.9. The molecule has 1 heterocycles. The fourth-order valence-electron chi connectivity index (χ4n) is 1.94. The van der Waals surface area contributed by atoms with Gasteiger partial charge in [-0.05, 0) is 18.4 Å². The van der Waals surface area contributed by atoms with Gasteiger partial charge in [-0.2, -0.15) is 5.10 Å². The molecule has 0 saturated carbocycles. The first-order valence-electron chi connectivity index (χ1n) is 6.72. The van der Waals surface area contributed by atoms with Gasteiger partial charge in [-0.15, -0.1) is 5.10 Å². The van der Waals surface area contributed by atoms with Crippen molar-refractivity contribution in [2.75, 3.05) is 25.1 Å². The van der Waals surface area contributed by atoms with Crippen LogP contribution in [0.15, 0.2) is 0 Å². The molecular weight excluding hydrogens is 284 g/mol. The maximum Gasteiger partial charge on any atom is 0.339 e. The Bertz CT molecular complexity index is 484. The number of rotatable bonds is 9. The van der Waals surface area contributed by atoms with Crippen molar-refractivity contribution in [3.63, 3.8) is 0 Å². The first kappa shape index (κ1) is 17.2. The van der Waals surface area contributed by atoms with Gasteiger partial charge in [-0.25, -0.2) is 13.6 Å². The van der Waals surface area contributed by atoms with E-state index in [0.29, 0.717) is 24.1 Å². The van der Waals surface area contributed by atoms with Crippen LogP contribution in [0.4, 0.5) is 14.6 Å². The summed E-state index contributed by atoms with van der Waals surface area (Å²) in [6.45, 7) is 3.28. The number of nitrogens with one attached hydrogen (secondary N) is 1. The Morgan fingerprint density at radius 1 is 1.33 bits per heavy atom. The first-order chi connectivity index (χ1) is 10.0. The molecule has 6 nitrogen and oxygen atoms in total. The van der Waals surface area contributed by atoms with Gasteiger partial charge in [-0.3, -0.25) is 0 Å². The minimum Gasteiger partial charge on any atom is -0.478 e. The third kappa shape index (κ3) is 4.89. The number of aryl methyl sites for hydroxylation is 1. The Hall–Kier alpha value is -1.83. The summed E-state index contributed by atoms with van der Waals surface area (Å²) in [6.07, 6.45) is -1.40. The summed E-state index contributed by atoms with van der Waals surface area (Å²) < 4.78 is 28.5. The third-order valence-corrected chi connectivity index (χ3v) is 2.84. The molecule has 1 rings (SSSR count). The number of hydrogen-bond donors (Lipinski definition) is 2. The lowest BCUT2D eigenvalue weighted by atomic mass is 10.0. The molecule has 0 spiro atoms. The van der Waals surface area contributed by atoms with Gasteiger partial charge < -0.3 is 15.2 Å². The predicted molar refractivity (Wildman–Crippen MR) is 73.1 cm³/mol. The van der Waals surface area contributed by atoms with Crippen molar-refractivity contribution in [3.05, 3.63) is 16.8 Å². The van der Waals surface area contributed by atoms with Crippen LogP contribution in [0.5, 0.6) is 0 Å². The van der Waals surface area contributed by atoms with Crippen LogP contribution in [-0.2, 0) is 17.6 Å². The Balaban J connectivity index is 2.80. The van der Waals surface area contributed by atoms with E-state index in [9.17, 15) is 18.7 Å². The molecule has 0 amide bonds. The van der Waals surface area contributed by atoms with E-state index >= 15 is 0 Å². The van der Waals surface area contributed by atoms with Gasteiger partial charge in [0.05, 0.1) is 12.3 Å². The normalized spacial score (nSPS) is 10.9. The molecule has 1 aromatic rings. The van der Waals surface area contributed by atoms with Crippen LogP contribution >= 0.6 is 0 Å². The van der Waals surface area contributed by atoms with E-state index < -0.39 is 19.0 Å². The van der Waals surface area contributed by atoms with Gasteiger partial charge in [0.25, 0.3) is 6.43 Å². The molecule has 118 valence electrons. The number of hydrogen-bond acceptors (Lipinski definition) is 5. The molecule has 0 unspecified atom stereocenters. The van der Waals surface area contributed by atoms with Crippen molar-refractivity contribution in [1.82, 2.24) is 10.2 Å². The largest absolute Gasteiger partial charge is 0.478 e. The Morgan fingerprint density at radius 3 is 2.57 bits per heavy atom. The number of aromatic carboxylic acids is 1. The molecule has 0 bridgehead atoms. The second kappa shape index (κ2) is 8.46. The topological polar surface area (TPSA) is 84.3 Å². The summed E-state index contributed by atoms with van der Waals surface area (Å²) in [5, 5.41) is 20.0. The monoisotopic (exact) mass is 303 g/mol. The lowest BCUT2D eigenvalue weighted by molar-refractivity contribution is 0.0214. The third-order valence-electron chi connectivity index (χ3n) is 2.84. The Morgan fingerprint density at radius 2 is 2.05 bits per heavy atom. The van der Waals surface area contributed by atoms with Crippen LogP contribution < -0.4 is 5.32 Å². The van der Waals surface area contributed by atoms with E-state index in [4.69, 9.17) is 4.74 Å². The smallest absolute Gasteiger partial charge is 0.339 e. The van der Waals surface area contributed by atoms with Crippen molar-refractivity contribution in [2.24, 2.45) is 0 Å². The standard InChI is InChI=1S/C13H19F2N3O3/c1-3-8-9(4-2)17-18-12(11(8)13(19)20)16-5-6-21-7-10(14)15/h10H,3-7H2,1-2H3,(H,16,18)(H,19,20). The first-order valence-corrected chi connectivity index (χ1v) is 6.72. The highest BCUT2D eigenvalue weighted by Gasteiger charge is 2.20. The van der Waals surface area contributed by atoms with Crippen molar-refractivity contribution in [2.45, 2.75) is 33.1 Å². The molecule has 0 aromatic carbocycles. The van der Waals surface area contributed by atoms with Crippen LogP contribution in [0.25, 0.3) is 0 Å². The lowest BCUT2D eigenvalue weighted by Crippen LogP contribution is -2.18. The van der Waals surface area contributed by atoms with Crippen LogP contribution in [0.1, 0.15) is 35.5 Å². The Kier molecular flexibility index (Phi) is 6.93. The molecule has 0 radical (unpaired) electrons. The van der Waals surface area contributed by atoms with E-state index in [1.54, 1.807) is 0 Å². The number of carboxylic acid groups (broad SMARTS) is 1. The second-order valence-electron chi connectivity index (χ2n) is 4.25. The van der Waals surface area contributed by atoms with Gasteiger partial charge in [0.15, 0.2) is 5.82 Å². The van der Waals surface area contributed by atoms with Gasteiger partial charge in [0, 0.05) is 6.54 Å². The molecule has 0 saturated heterocycles. The van der Waals surface area contributed by atoms with E-state index in [1.165, 1.54) is 0 Å².